The summed E-state index contributed by atoms with van der Waals surface area (Å²) in [6.45, 7) is 0. The maximum Gasteiger partial charge on any atom is 0.136 e. The van der Waals surface area contributed by atoms with Crippen LogP contribution in [-0.4, -0.2) is 10.8 Å². The highest BCUT2D eigenvalue weighted by Gasteiger charge is 2.21. The van der Waals surface area contributed by atoms with E-state index in [0.717, 1.165) is 25.0 Å². The van der Waals surface area contributed by atoms with Gasteiger partial charge in [0.25, 0.3) is 0 Å². The van der Waals surface area contributed by atoms with Gasteiger partial charge in [0.1, 0.15) is 5.78 Å². The molecule has 0 atom stereocenters. The fourth-order valence-corrected chi connectivity index (χ4v) is 2.66. The van der Waals surface area contributed by atoms with Crippen LogP contribution in [0.1, 0.15) is 37.8 Å². The zero-order chi connectivity index (χ0) is 9.80. The summed E-state index contributed by atoms with van der Waals surface area (Å²) in [6, 6.07) is 0. The van der Waals surface area contributed by atoms with Gasteiger partial charge in [-0.05, 0) is 19.3 Å². The average Bonchev–Trinajstić information content (AvgIpc) is 2.87. The fourth-order valence-electron chi connectivity index (χ4n) is 2.06. The molecule has 2 nitrogen and oxygen atoms in total. The smallest absolute Gasteiger partial charge is 0.136 e. The van der Waals surface area contributed by atoms with Gasteiger partial charge in [0.05, 0.1) is 11.2 Å². The number of aromatic nitrogens is 1. The molecule has 1 saturated carbocycles. The van der Waals surface area contributed by atoms with Crippen molar-refractivity contribution >= 4 is 17.1 Å². The lowest BCUT2D eigenvalue weighted by atomic mass is 9.98. The zero-order valence-corrected chi connectivity index (χ0v) is 9.05. The summed E-state index contributed by atoms with van der Waals surface area (Å²) < 4.78 is 0. The third kappa shape index (κ3) is 2.41. The minimum atomic E-state index is 0.369. The van der Waals surface area contributed by atoms with Crippen molar-refractivity contribution in [3.8, 4) is 0 Å². The summed E-state index contributed by atoms with van der Waals surface area (Å²) in [5.74, 6) is 0.823. The highest BCUT2D eigenvalue weighted by molar-refractivity contribution is 7.07. The highest BCUT2D eigenvalue weighted by Crippen LogP contribution is 2.26. The topological polar surface area (TPSA) is 30.0 Å². The first kappa shape index (κ1) is 9.84. The molecule has 0 spiro atoms. The van der Waals surface area contributed by atoms with Gasteiger partial charge in [0.15, 0.2) is 0 Å². The van der Waals surface area contributed by atoms with Gasteiger partial charge < -0.3 is 0 Å². The van der Waals surface area contributed by atoms with E-state index in [2.05, 4.69) is 4.98 Å². The van der Waals surface area contributed by atoms with Crippen LogP contribution in [0.4, 0.5) is 0 Å². The van der Waals surface area contributed by atoms with Gasteiger partial charge in [0, 0.05) is 17.7 Å². The van der Waals surface area contributed by atoms with Crippen molar-refractivity contribution in [3.63, 3.8) is 0 Å². The number of carbonyl (C=O) groups is 1. The number of carbonyl (C=O) groups excluding carboxylic acids is 1. The molecule has 1 aromatic heterocycles. The number of hydrogen-bond donors (Lipinski definition) is 0. The number of ketones is 1. The van der Waals surface area contributed by atoms with Crippen LogP contribution >= 0.6 is 11.3 Å². The van der Waals surface area contributed by atoms with Crippen LogP contribution in [0.25, 0.3) is 0 Å². The largest absolute Gasteiger partial charge is 0.299 e. The lowest BCUT2D eigenvalue weighted by Gasteiger charge is -2.05. The Kier molecular flexibility index (Phi) is 3.30. The Hall–Kier alpha value is -0.700. The summed E-state index contributed by atoms with van der Waals surface area (Å²) in [7, 11) is 0. The van der Waals surface area contributed by atoms with E-state index in [1.165, 1.54) is 12.8 Å². The molecule has 3 heteroatoms. The minimum absolute atomic E-state index is 0.369. The maximum absolute atomic E-state index is 11.7. The predicted molar refractivity (Wildman–Crippen MR) is 57.4 cm³/mol. The maximum atomic E-state index is 11.7. The molecule has 76 valence electrons. The number of hydrogen-bond acceptors (Lipinski definition) is 3. The molecule has 0 bridgehead atoms. The van der Waals surface area contributed by atoms with Gasteiger partial charge >= 0.3 is 0 Å². The summed E-state index contributed by atoms with van der Waals surface area (Å²) >= 11 is 1.60. The van der Waals surface area contributed by atoms with E-state index in [4.69, 9.17) is 0 Å². The number of thiazole rings is 1. The molecular formula is C11H15NOS. The van der Waals surface area contributed by atoms with E-state index in [1.54, 1.807) is 11.3 Å². The third-order valence-corrected chi connectivity index (χ3v) is 3.56. The fraction of sp³-hybridized carbons (Fsp3) is 0.636. The van der Waals surface area contributed by atoms with Gasteiger partial charge in [-0.15, -0.1) is 11.3 Å². The van der Waals surface area contributed by atoms with E-state index in [1.807, 2.05) is 10.9 Å². The molecule has 1 aliphatic carbocycles. The number of rotatable bonds is 4. The van der Waals surface area contributed by atoms with Crippen molar-refractivity contribution in [2.45, 2.75) is 38.5 Å². The number of nitrogens with zero attached hydrogens (tertiary/aromatic N) is 1. The monoisotopic (exact) mass is 209 g/mol. The van der Waals surface area contributed by atoms with Crippen LogP contribution in [0.2, 0.25) is 0 Å². The van der Waals surface area contributed by atoms with Gasteiger partial charge in [-0.1, -0.05) is 12.8 Å². The molecule has 0 N–H and O–H groups in total. The molecule has 0 amide bonds. The van der Waals surface area contributed by atoms with Gasteiger partial charge in [-0.25, -0.2) is 4.98 Å². The van der Waals surface area contributed by atoms with Crippen LogP contribution < -0.4 is 0 Å². The molecule has 2 rings (SSSR count). The Balaban J connectivity index is 1.77. The van der Waals surface area contributed by atoms with Gasteiger partial charge in [-0.3, -0.25) is 4.79 Å². The van der Waals surface area contributed by atoms with Crippen LogP contribution in [-0.2, 0) is 11.2 Å². The predicted octanol–water partition coefficient (Wildman–Crippen LogP) is 2.84. The van der Waals surface area contributed by atoms with Crippen LogP contribution in [0.15, 0.2) is 10.9 Å². The second-order valence-electron chi connectivity index (χ2n) is 3.93. The van der Waals surface area contributed by atoms with E-state index < -0.39 is 0 Å². The molecule has 0 aromatic carbocycles. The standard InChI is InChI=1S/C11H15NOS/c13-11(9-3-1-2-4-9)6-5-10-7-14-8-12-10/h7-9H,1-6H2. The van der Waals surface area contributed by atoms with Crippen LogP contribution in [0.5, 0.6) is 0 Å². The van der Waals surface area contributed by atoms with Crippen molar-refractivity contribution < 1.29 is 4.79 Å². The molecule has 1 aliphatic rings. The first-order valence-electron chi connectivity index (χ1n) is 5.26. The molecule has 1 fully saturated rings. The molecule has 0 radical (unpaired) electrons. The Labute approximate surface area is 88.4 Å². The third-order valence-electron chi connectivity index (χ3n) is 2.92. The number of Topliss-reactive ketones (excluding diaryl/α,β-unsaturated/α-hetero) is 1. The zero-order valence-electron chi connectivity index (χ0n) is 8.24. The molecule has 1 aromatic rings. The van der Waals surface area contributed by atoms with E-state index >= 15 is 0 Å². The Morgan fingerprint density at radius 1 is 1.50 bits per heavy atom. The highest BCUT2D eigenvalue weighted by atomic mass is 32.1. The van der Waals surface area contributed by atoms with Gasteiger partial charge in [0.2, 0.25) is 0 Å². The van der Waals surface area contributed by atoms with E-state index in [-0.39, 0.29) is 0 Å². The molecule has 14 heavy (non-hydrogen) atoms. The second kappa shape index (κ2) is 4.69. The lowest BCUT2D eigenvalue weighted by molar-refractivity contribution is -0.122. The van der Waals surface area contributed by atoms with Crippen molar-refractivity contribution in [2.24, 2.45) is 5.92 Å². The normalized spacial score (nSPS) is 17.4. The lowest BCUT2D eigenvalue weighted by Crippen LogP contribution is -2.11. The van der Waals surface area contributed by atoms with Crippen molar-refractivity contribution in [1.82, 2.24) is 4.98 Å². The Morgan fingerprint density at radius 3 is 2.93 bits per heavy atom. The van der Waals surface area contributed by atoms with Crippen LogP contribution in [0.3, 0.4) is 0 Å². The minimum Gasteiger partial charge on any atom is -0.299 e. The first-order chi connectivity index (χ1) is 6.86. The SMILES string of the molecule is O=C(CCc1cscn1)C1CCCC1. The number of aryl methyl sites for hydroxylation is 1. The van der Waals surface area contributed by atoms with Gasteiger partial charge in [-0.2, -0.15) is 0 Å². The summed E-state index contributed by atoms with van der Waals surface area (Å²) in [5.41, 5.74) is 2.90. The molecule has 0 saturated heterocycles. The van der Waals surface area contributed by atoms with Crippen molar-refractivity contribution in [2.75, 3.05) is 0 Å². The molecular weight excluding hydrogens is 194 g/mol. The second-order valence-corrected chi connectivity index (χ2v) is 4.65. The van der Waals surface area contributed by atoms with Crippen LogP contribution in [0, 0.1) is 5.92 Å². The quantitative estimate of drug-likeness (QED) is 0.763. The summed E-state index contributed by atoms with van der Waals surface area (Å²) in [6.07, 6.45) is 6.25. The molecule has 1 heterocycles. The summed E-state index contributed by atoms with van der Waals surface area (Å²) in [5, 5.41) is 2.03. The van der Waals surface area contributed by atoms with E-state index in [9.17, 15) is 4.79 Å². The first-order valence-corrected chi connectivity index (χ1v) is 6.20. The molecule has 0 aliphatic heterocycles. The van der Waals surface area contributed by atoms with Crippen molar-refractivity contribution in [3.05, 3.63) is 16.6 Å². The Morgan fingerprint density at radius 2 is 2.29 bits per heavy atom. The molecule has 0 unspecified atom stereocenters. The Bertz CT molecular complexity index is 288. The van der Waals surface area contributed by atoms with Crippen molar-refractivity contribution in [1.29, 1.82) is 0 Å². The van der Waals surface area contributed by atoms with E-state index in [0.29, 0.717) is 18.1 Å². The summed E-state index contributed by atoms with van der Waals surface area (Å²) in [4.78, 5) is 15.9. The average molecular weight is 209 g/mol.